The van der Waals surface area contributed by atoms with Gasteiger partial charge in [0.15, 0.2) is 0 Å². The largest absolute Gasteiger partial charge is 0.417 e. The number of carbonyl (C=O) groups excluding carboxylic acids is 1. The minimum Gasteiger partial charge on any atom is -0.353 e. The molecule has 1 saturated heterocycles. The van der Waals surface area contributed by atoms with Gasteiger partial charge >= 0.3 is 6.18 Å². The third kappa shape index (κ3) is 4.12. The quantitative estimate of drug-likeness (QED) is 0.649. The lowest BCUT2D eigenvalue weighted by molar-refractivity contribution is -0.138. The fourth-order valence-corrected chi connectivity index (χ4v) is 3.51. The molecular weight excluding hydrogens is 393 g/mol. The number of amides is 1. The first-order valence-electron chi connectivity index (χ1n) is 9.51. The Kier molecular flexibility index (Phi) is 5.39. The molecule has 5 nitrogen and oxygen atoms in total. The average Bonchev–Trinajstić information content (AvgIpc) is 2.79. The van der Waals surface area contributed by atoms with E-state index in [4.69, 9.17) is 0 Å². The van der Waals surface area contributed by atoms with Crippen LogP contribution in [0.1, 0.15) is 15.9 Å². The number of nitrogens with zero attached hydrogens (tertiary/aromatic N) is 4. The number of hydrogen-bond acceptors (Lipinski definition) is 4. The second kappa shape index (κ2) is 8.14. The summed E-state index contributed by atoms with van der Waals surface area (Å²) in [5, 5.41) is 0. The molecule has 1 amide bonds. The fourth-order valence-electron chi connectivity index (χ4n) is 3.51. The van der Waals surface area contributed by atoms with Gasteiger partial charge in [0, 0.05) is 37.8 Å². The molecule has 0 aliphatic carbocycles. The van der Waals surface area contributed by atoms with E-state index in [2.05, 4.69) is 9.97 Å². The fraction of sp³-hybridized carbons (Fsp3) is 0.227. The molecule has 1 aliphatic rings. The van der Waals surface area contributed by atoms with Gasteiger partial charge < -0.3 is 9.80 Å². The van der Waals surface area contributed by atoms with Crippen LogP contribution in [0.3, 0.4) is 0 Å². The van der Waals surface area contributed by atoms with Crippen LogP contribution in [0, 0.1) is 0 Å². The Balaban J connectivity index is 1.47. The highest BCUT2D eigenvalue weighted by Gasteiger charge is 2.36. The standard InChI is InChI=1S/C22H19F3N4O/c23-22(24,25)18-9-5-4-8-17(18)21(30)29-12-10-28(11-13-29)20-14-19(26-15-27-20)16-6-2-1-3-7-16/h1-9,14-15H,10-13H2. The van der Waals surface area contributed by atoms with E-state index in [1.807, 2.05) is 41.3 Å². The summed E-state index contributed by atoms with van der Waals surface area (Å²) in [6.45, 7) is 1.59. The molecule has 0 atom stereocenters. The number of carbonyl (C=O) groups is 1. The molecule has 0 saturated carbocycles. The van der Waals surface area contributed by atoms with E-state index in [1.54, 1.807) is 0 Å². The zero-order valence-corrected chi connectivity index (χ0v) is 16.0. The van der Waals surface area contributed by atoms with Gasteiger partial charge in [-0.1, -0.05) is 42.5 Å². The van der Waals surface area contributed by atoms with Crippen molar-refractivity contribution in [1.82, 2.24) is 14.9 Å². The molecule has 30 heavy (non-hydrogen) atoms. The number of aromatic nitrogens is 2. The molecular formula is C22H19F3N4O. The van der Waals surface area contributed by atoms with Crippen molar-refractivity contribution < 1.29 is 18.0 Å². The van der Waals surface area contributed by atoms with Crippen molar-refractivity contribution in [3.63, 3.8) is 0 Å². The summed E-state index contributed by atoms with van der Waals surface area (Å²) in [6, 6.07) is 16.5. The van der Waals surface area contributed by atoms with Crippen LogP contribution in [-0.2, 0) is 6.18 Å². The van der Waals surface area contributed by atoms with Crippen LogP contribution in [0.5, 0.6) is 0 Å². The van der Waals surface area contributed by atoms with Gasteiger partial charge in [-0.25, -0.2) is 9.97 Å². The Morgan fingerprint density at radius 3 is 2.23 bits per heavy atom. The van der Waals surface area contributed by atoms with E-state index in [0.29, 0.717) is 26.2 Å². The van der Waals surface area contributed by atoms with E-state index in [9.17, 15) is 18.0 Å². The lowest BCUT2D eigenvalue weighted by atomic mass is 10.1. The maximum Gasteiger partial charge on any atom is 0.417 e. The van der Waals surface area contributed by atoms with Crippen LogP contribution in [0.2, 0.25) is 0 Å². The van der Waals surface area contributed by atoms with Gasteiger partial charge in [-0.05, 0) is 12.1 Å². The first-order chi connectivity index (χ1) is 14.4. The normalized spacial score (nSPS) is 14.6. The molecule has 1 aromatic heterocycles. The Hall–Kier alpha value is -3.42. The molecule has 4 rings (SSSR count). The number of hydrogen-bond donors (Lipinski definition) is 0. The molecule has 154 valence electrons. The third-order valence-electron chi connectivity index (χ3n) is 5.08. The predicted octanol–water partition coefficient (Wildman–Crippen LogP) is 4.12. The van der Waals surface area contributed by atoms with Crippen molar-refractivity contribution in [2.45, 2.75) is 6.18 Å². The first-order valence-corrected chi connectivity index (χ1v) is 9.51. The van der Waals surface area contributed by atoms with Crippen LogP contribution in [-0.4, -0.2) is 47.0 Å². The van der Waals surface area contributed by atoms with E-state index in [-0.39, 0.29) is 5.56 Å². The highest BCUT2D eigenvalue weighted by molar-refractivity contribution is 5.96. The van der Waals surface area contributed by atoms with E-state index in [0.717, 1.165) is 23.1 Å². The zero-order chi connectivity index (χ0) is 21.1. The van der Waals surface area contributed by atoms with E-state index in [1.165, 1.54) is 29.4 Å². The molecule has 0 N–H and O–H groups in total. The summed E-state index contributed by atoms with van der Waals surface area (Å²) in [6.07, 6.45) is -3.07. The summed E-state index contributed by atoms with van der Waals surface area (Å²) < 4.78 is 39.7. The van der Waals surface area contributed by atoms with Gasteiger partial charge in [0.05, 0.1) is 16.8 Å². The van der Waals surface area contributed by atoms with Gasteiger partial charge in [-0.3, -0.25) is 4.79 Å². The molecule has 0 spiro atoms. The van der Waals surface area contributed by atoms with Crippen molar-refractivity contribution in [3.8, 4) is 11.3 Å². The summed E-state index contributed by atoms with van der Waals surface area (Å²) in [5.74, 6) is 0.127. The minimum absolute atomic E-state index is 0.313. The topological polar surface area (TPSA) is 49.3 Å². The molecule has 1 fully saturated rings. The van der Waals surface area contributed by atoms with Crippen LogP contribution in [0.15, 0.2) is 67.0 Å². The number of anilines is 1. The summed E-state index contributed by atoms with van der Waals surface area (Å²) in [5.41, 5.74) is 0.546. The predicted molar refractivity (Wildman–Crippen MR) is 107 cm³/mol. The molecule has 0 bridgehead atoms. The molecule has 0 unspecified atom stereocenters. The van der Waals surface area contributed by atoms with Crippen molar-refractivity contribution in [1.29, 1.82) is 0 Å². The number of rotatable bonds is 3. The molecule has 0 radical (unpaired) electrons. The third-order valence-corrected chi connectivity index (χ3v) is 5.08. The van der Waals surface area contributed by atoms with E-state index >= 15 is 0 Å². The number of alkyl halides is 3. The Morgan fingerprint density at radius 1 is 0.867 bits per heavy atom. The molecule has 8 heteroatoms. The summed E-state index contributed by atoms with van der Waals surface area (Å²) in [4.78, 5) is 24.8. The van der Waals surface area contributed by atoms with Crippen molar-refractivity contribution in [3.05, 3.63) is 78.1 Å². The zero-order valence-electron chi connectivity index (χ0n) is 16.0. The Labute approximate surface area is 171 Å². The first kappa shape index (κ1) is 19.9. The van der Waals surface area contributed by atoms with Crippen LogP contribution < -0.4 is 4.90 Å². The van der Waals surface area contributed by atoms with Gasteiger partial charge in [0.2, 0.25) is 0 Å². The maximum atomic E-state index is 13.2. The smallest absolute Gasteiger partial charge is 0.353 e. The van der Waals surface area contributed by atoms with Gasteiger partial charge in [-0.2, -0.15) is 13.2 Å². The molecule has 2 aromatic carbocycles. The highest BCUT2D eigenvalue weighted by Crippen LogP contribution is 2.32. The molecule has 3 aromatic rings. The monoisotopic (exact) mass is 412 g/mol. The van der Waals surface area contributed by atoms with Gasteiger partial charge in [0.1, 0.15) is 12.1 Å². The second-order valence-corrected chi connectivity index (χ2v) is 6.95. The lowest BCUT2D eigenvalue weighted by Crippen LogP contribution is -2.49. The minimum atomic E-state index is -4.57. The van der Waals surface area contributed by atoms with Crippen molar-refractivity contribution in [2.75, 3.05) is 31.1 Å². The Morgan fingerprint density at radius 2 is 1.53 bits per heavy atom. The van der Waals surface area contributed by atoms with Gasteiger partial charge in [0.25, 0.3) is 5.91 Å². The number of halogens is 3. The SMILES string of the molecule is O=C(c1ccccc1C(F)(F)F)N1CCN(c2cc(-c3ccccc3)ncn2)CC1. The highest BCUT2D eigenvalue weighted by atomic mass is 19.4. The van der Waals surface area contributed by atoms with E-state index < -0.39 is 17.6 Å². The Bertz CT molecular complexity index is 1030. The van der Waals surface area contributed by atoms with Crippen LogP contribution in [0.4, 0.5) is 19.0 Å². The van der Waals surface area contributed by atoms with Crippen molar-refractivity contribution >= 4 is 11.7 Å². The molecule has 2 heterocycles. The summed E-state index contributed by atoms with van der Waals surface area (Å²) in [7, 11) is 0. The molecule has 1 aliphatic heterocycles. The van der Waals surface area contributed by atoms with Crippen LogP contribution in [0.25, 0.3) is 11.3 Å². The second-order valence-electron chi connectivity index (χ2n) is 6.95. The number of piperazine rings is 1. The maximum absolute atomic E-state index is 13.2. The van der Waals surface area contributed by atoms with Crippen molar-refractivity contribution in [2.24, 2.45) is 0 Å². The number of benzene rings is 2. The van der Waals surface area contributed by atoms with Crippen LogP contribution >= 0.6 is 0 Å². The van der Waals surface area contributed by atoms with Gasteiger partial charge in [-0.15, -0.1) is 0 Å². The summed E-state index contributed by atoms with van der Waals surface area (Å²) >= 11 is 0. The lowest BCUT2D eigenvalue weighted by Gasteiger charge is -2.35. The average molecular weight is 412 g/mol.